The van der Waals surface area contributed by atoms with E-state index in [1.54, 1.807) is 10.6 Å². The second-order valence-corrected chi connectivity index (χ2v) is 4.03. The summed E-state index contributed by atoms with van der Waals surface area (Å²) in [5, 5.41) is 9.18. The van der Waals surface area contributed by atoms with Gasteiger partial charge in [0, 0.05) is 18.3 Å². The van der Waals surface area contributed by atoms with Crippen LogP contribution in [0.15, 0.2) is 16.9 Å². The molecule has 0 aromatic carbocycles. The normalized spacial score (nSPS) is 10.9. The molecule has 14 heavy (non-hydrogen) atoms. The van der Waals surface area contributed by atoms with Gasteiger partial charge >= 0.3 is 0 Å². The number of nitrogens with zero attached hydrogens (tertiary/aromatic N) is 1. The smallest absolute Gasteiger partial charge is 0.254 e. The topological polar surface area (TPSA) is 42.2 Å². The van der Waals surface area contributed by atoms with Gasteiger partial charge in [-0.3, -0.25) is 4.79 Å². The van der Waals surface area contributed by atoms with E-state index in [-0.39, 0.29) is 11.3 Å². The molecular weight excluding hydrogens is 178 g/mol. The van der Waals surface area contributed by atoms with Gasteiger partial charge in [-0.05, 0) is 25.3 Å². The minimum atomic E-state index is -0.122. The van der Waals surface area contributed by atoms with Crippen molar-refractivity contribution in [1.82, 2.24) is 4.57 Å². The zero-order valence-corrected chi connectivity index (χ0v) is 8.95. The Bertz CT molecular complexity index is 366. The summed E-state index contributed by atoms with van der Waals surface area (Å²) in [5.74, 6) is 0.628. The van der Waals surface area contributed by atoms with Gasteiger partial charge in [0.05, 0.1) is 0 Å². The molecule has 1 heterocycles. The van der Waals surface area contributed by atoms with E-state index in [0.717, 1.165) is 18.7 Å². The Morgan fingerprint density at radius 2 is 2.07 bits per heavy atom. The van der Waals surface area contributed by atoms with Crippen molar-refractivity contribution in [2.75, 3.05) is 0 Å². The molecule has 0 saturated heterocycles. The predicted octanol–water partition coefficient (Wildman–Crippen LogP) is 1.91. The molecule has 0 aliphatic rings. The second kappa shape index (κ2) is 4.31. The Morgan fingerprint density at radius 3 is 2.57 bits per heavy atom. The molecule has 1 aromatic heterocycles. The number of aromatic hydroxyl groups is 1. The molecule has 0 amide bonds. The fraction of sp³-hybridized carbons (Fsp3) is 0.545. The highest BCUT2D eigenvalue weighted by Gasteiger charge is 2.03. The van der Waals surface area contributed by atoms with E-state index >= 15 is 0 Å². The van der Waals surface area contributed by atoms with Gasteiger partial charge in [-0.25, -0.2) is 0 Å². The molecule has 0 radical (unpaired) electrons. The van der Waals surface area contributed by atoms with E-state index in [1.807, 2.05) is 6.92 Å². The largest absolute Gasteiger partial charge is 0.508 e. The molecule has 0 unspecified atom stereocenters. The van der Waals surface area contributed by atoms with Gasteiger partial charge in [-0.1, -0.05) is 13.8 Å². The Hall–Kier alpha value is -1.25. The molecule has 1 N–H and O–H groups in total. The van der Waals surface area contributed by atoms with E-state index in [9.17, 15) is 9.90 Å². The number of aromatic nitrogens is 1. The van der Waals surface area contributed by atoms with Crippen molar-refractivity contribution >= 4 is 0 Å². The molecule has 0 fully saturated rings. The van der Waals surface area contributed by atoms with Crippen molar-refractivity contribution in [2.24, 2.45) is 5.92 Å². The number of aryl methyl sites for hydroxylation is 1. The average Bonchev–Trinajstić information content (AvgIpc) is 2.01. The first-order valence-corrected chi connectivity index (χ1v) is 4.91. The Kier molecular flexibility index (Phi) is 3.33. The van der Waals surface area contributed by atoms with Crippen LogP contribution >= 0.6 is 0 Å². The van der Waals surface area contributed by atoms with Crippen molar-refractivity contribution in [3.8, 4) is 5.75 Å². The first-order valence-electron chi connectivity index (χ1n) is 4.91. The van der Waals surface area contributed by atoms with Gasteiger partial charge in [0.25, 0.3) is 5.56 Å². The molecule has 0 atom stereocenters. The maximum absolute atomic E-state index is 11.5. The zero-order valence-electron chi connectivity index (χ0n) is 8.95. The van der Waals surface area contributed by atoms with E-state index in [1.165, 1.54) is 6.07 Å². The molecular formula is C11H17NO2. The van der Waals surface area contributed by atoms with Crippen LogP contribution in [0.2, 0.25) is 0 Å². The maximum Gasteiger partial charge on any atom is 0.254 e. The summed E-state index contributed by atoms with van der Waals surface area (Å²) in [5.41, 5.74) is 0.693. The molecule has 0 spiro atoms. The van der Waals surface area contributed by atoms with Crippen LogP contribution in [-0.4, -0.2) is 9.67 Å². The zero-order chi connectivity index (χ0) is 10.7. The summed E-state index contributed by atoms with van der Waals surface area (Å²) in [6.07, 6.45) is 0.978. The molecule has 3 nitrogen and oxygen atoms in total. The lowest BCUT2D eigenvalue weighted by Crippen LogP contribution is -2.21. The number of pyridine rings is 1. The standard InChI is InChI=1S/C11H17NO2/c1-8(2)4-5-12-9(3)6-10(13)7-11(12)14/h6-8,13H,4-5H2,1-3H3. The SMILES string of the molecule is Cc1cc(O)cc(=O)n1CCC(C)C. The van der Waals surface area contributed by atoms with E-state index in [2.05, 4.69) is 13.8 Å². The second-order valence-electron chi connectivity index (χ2n) is 4.03. The van der Waals surface area contributed by atoms with Gasteiger partial charge < -0.3 is 9.67 Å². The van der Waals surface area contributed by atoms with Crippen LogP contribution in [-0.2, 0) is 6.54 Å². The quantitative estimate of drug-likeness (QED) is 0.800. The third kappa shape index (κ3) is 2.62. The minimum Gasteiger partial charge on any atom is -0.508 e. The number of hydrogen-bond acceptors (Lipinski definition) is 2. The number of rotatable bonds is 3. The summed E-state index contributed by atoms with van der Waals surface area (Å²) in [6.45, 7) is 6.81. The fourth-order valence-electron chi connectivity index (χ4n) is 1.39. The number of hydrogen-bond donors (Lipinski definition) is 1. The summed E-state index contributed by atoms with van der Waals surface area (Å²) in [4.78, 5) is 11.5. The van der Waals surface area contributed by atoms with Crippen LogP contribution < -0.4 is 5.56 Å². The average molecular weight is 195 g/mol. The fourth-order valence-corrected chi connectivity index (χ4v) is 1.39. The van der Waals surface area contributed by atoms with Crippen LogP contribution in [0.1, 0.15) is 26.0 Å². The molecule has 1 aromatic rings. The molecule has 1 rings (SSSR count). The first-order chi connectivity index (χ1) is 6.50. The van der Waals surface area contributed by atoms with Crippen molar-refractivity contribution in [2.45, 2.75) is 33.7 Å². The van der Waals surface area contributed by atoms with Gasteiger partial charge in [-0.2, -0.15) is 0 Å². The van der Waals surface area contributed by atoms with Crippen LogP contribution in [0.25, 0.3) is 0 Å². The highest BCUT2D eigenvalue weighted by atomic mass is 16.3. The molecule has 78 valence electrons. The van der Waals surface area contributed by atoms with Gasteiger partial charge in [0.1, 0.15) is 5.75 Å². The summed E-state index contributed by atoms with van der Waals surface area (Å²) in [7, 11) is 0. The summed E-state index contributed by atoms with van der Waals surface area (Å²) in [6, 6.07) is 2.87. The van der Waals surface area contributed by atoms with Gasteiger partial charge in [-0.15, -0.1) is 0 Å². The maximum atomic E-state index is 11.5. The van der Waals surface area contributed by atoms with Crippen molar-refractivity contribution in [3.05, 3.63) is 28.2 Å². The van der Waals surface area contributed by atoms with E-state index in [0.29, 0.717) is 5.92 Å². The van der Waals surface area contributed by atoms with Gasteiger partial charge in [0.2, 0.25) is 0 Å². The van der Waals surface area contributed by atoms with Crippen LogP contribution in [0.5, 0.6) is 5.75 Å². The molecule has 0 aliphatic heterocycles. The Morgan fingerprint density at radius 1 is 1.43 bits per heavy atom. The van der Waals surface area contributed by atoms with Crippen LogP contribution in [0.4, 0.5) is 0 Å². The Balaban J connectivity index is 2.92. The van der Waals surface area contributed by atoms with E-state index < -0.39 is 0 Å². The lowest BCUT2D eigenvalue weighted by atomic mass is 10.1. The third-order valence-corrected chi connectivity index (χ3v) is 2.25. The monoisotopic (exact) mass is 195 g/mol. The van der Waals surface area contributed by atoms with Crippen molar-refractivity contribution < 1.29 is 5.11 Å². The lowest BCUT2D eigenvalue weighted by Gasteiger charge is -2.11. The third-order valence-electron chi connectivity index (χ3n) is 2.25. The lowest BCUT2D eigenvalue weighted by molar-refractivity contribution is 0.462. The molecule has 0 saturated carbocycles. The summed E-state index contributed by atoms with van der Waals surface area (Å²) < 4.78 is 1.69. The van der Waals surface area contributed by atoms with Crippen LogP contribution in [0, 0.1) is 12.8 Å². The van der Waals surface area contributed by atoms with Gasteiger partial charge in [0.15, 0.2) is 0 Å². The minimum absolute atomic E-state index is 0.0493. The van der Waals surface area contributed by atoms with Crippen LogP contribution in [0.3, 0.4) is 0 Å². The van der Waals surface area contributed by atoms with E-state index in [4.69, 9.17) is 0 Å². The highest BCUT2D eigenvalue weighted by molar-refractivity contribution is 5.21. The first kappa shape index (κ1) is 10.8. The van der Waals surface area contributed by atoms with Crippen molar-refractivity contribution in [1.29, 1.82) is 0 Å². The van der Waals surface area contributed by atoms with Crippen molar-refractivity contribution in [3.63, 3.8) is 0 Å². The predicted molar refractivity (Wildman–Crippen MR) is 56.6 cm³/mol. The Labute approximate surface area is 84.0 Å². The molecule has 0 aliphatic carbocycles. The highest BCUT2D eigenvalue weighted by Crippen LogP contribution is 2.09. The summed E-state index contributed by atoms with van der Waals surface area (Å²) >= 11 is 0. The molecule has 0 bridgehead atoms. The molecule has 3 heteroatoms.